The predicted octanol–water partition coefficient (Wildman–Crippen LogP) is 0.736. The van der Waals surface area contributed by atoms with Crippen LogP contribution in [0.25, 0.3) is 0 Å². The van der Waals surface area contributed by atoms with Gasteiger partial charge in [0.15, 0.2) is 0 Å². The quantitative estimate of drug-likeness (QED) is 0.610. The second kappa shape index (κ2) is 4.57. The van der Waals surface area contributed by atoms with Crippen LogP contribution in [-0.4, -0.2) is 22.0 Å². The van der Waals surface area contributed by atoms with Crippen molar-refractivity contribution in [2.45, 2.75) is 24.6 Å². The summed E-state index contributed by atoms with van der Waals surface area (Å²) in [5.74, 6) is -0.561. The molecule has 1 N–H and O–H groups in total. The third kappa shape index (κ3) is 2.19. The molecule has 1 aliphatic heterocycles. The largest absolute Gasteiger partial charge is 0.296 e. The summed E-state index contributed by atoms with van der Waals surface area (Å²) >= 11 is 5.64. The van der Waals surface area contributed by atoms with E-state index in [4.69, 9.17) is 11.6 Å². The summed E-state index contributed by atoms with van der Waals surface area (Å²) < 4.78 is 0. The lowest BCUT2D eigenvalue weighted by atomic mass is 9.91. The van der Waals surface area contributed by atoms with Gasteiger partial charge in [0.1, 0.15) is 0 Å². The van der Waals surface area contributed by atoms with Crippen LogP contribution >= 0.6 is 11.6 Å². The first-order valence-electron chi connectivity index (χ1n) is 4.92. The number of carbonyl (C=O) groups is 2. The molecule has 0 radical (unpaired) electrons. The number of nitrogens with zero attached hydrogens (tertiary/aromatic N) is 2. The Balaban J connectivity index is 2.23. The van der Waals surface area contributed by atoms with Gasteiger partial charge in [0.2, 0.25) is 11.8 Å². The van der Waals surface area contributed by atoms with Gasteiger partial charge in [-0.1, -0.05) is 0 Å². The number of carbonyl (C=O) groups excluding carboxylic acids is 2. The van der Waals surface area contributed by atoms with E-state index in [-0.39, 0.29) is 23.6 Å². The number of aromatic nitrogens is 2. The highest BCUT2D eigenvalue weighted by molar-refractivity contribution is 6.16. The fourth-order valence-corrected chi connectivity index (χ4v) is 1.83. The number of imide groups is 1. The molecule has 84 valence electrons. The number of amides is 2. The van der Waals surface area contributed by atoms with Crippen molar-refractivity contribution in [1.82, 2.24) is 15.5 Å². The number of hydrogen-bond donors (Lipinski definition) is 1. The number of hydrogen-bond acceptors (Lipinski definition) is 4. The molecule has 1 fully saturated rings. The van der Waals surface area contributed by atoms with E-state index in [0.29, 0.717) is 18.5 Å². The van der Waals surface area contributed by atoms with E-state index >= 15 is 0 Å². The Hall–Kier alpha value is -1.49. The minimum atomic E-state index is -0.324. The highest BCUT2D eigenvalue weighted by Gasteiger charge is 2.28. The van der Waals surface area contributed by atoms with Crippen molar-refractivity contribution in [3.63, 3.8) is 0 Å². The van der Waals surface area contributed by atoms with Crippen LogP contribution in [0.15, 0.2) is 12.3 Å². The summed E-state index contributed by atoms with van der Waals surface area (Å²) in [6.07, 6.45) is 2.41. The number of halogens is 1. The summed E-state index contributed by atoms with van der Waals surface area (Å²) in [7, 11) is 0. The molecule has 1 aliphatic rings. The highest BCUT2D eigenvalue weighted by atomic mass is 35.5. The van der Waals surface area contributed by atoms with Crippen molar-refractivity contribution in [2.24, 2.45) is 0 Å². The van der Waals surface area contributed by atoms with E-state index in [1.165, 1.54) is 6.20 Å². The topological polar surface area (TPSA) is 72.0 Å². The first kappa shape index (κ1) is 11.0. The third-order valence-corrected chi connectivity index (χ3v) is 2.78. The van der Waals surface area contributed by atoms with Gasteiger partial charge in [0.25, 0.3) is 0 Å². The number of piperidine rings is 1. The minimum absolute atomic E-state index is 0.221. The van der Waals surface area contributed by atoms with Crippen LogP contribution < -0.4 is 5.32 Å². The molecule has 1 aromatic rings. The van der Waals surface area contributed by atoms with Crippen LogP contribution in [0.1, 0.15) is 30.0 Å². The SMILES string of the molecule is O=C1CCC(c2cnnc(CCl)c2)C(=O)N1. The van der Waals surface area contributed by atoms with Gasteiger partial charge in [-0.05, 0) is 18.1 Å². The summed E-state index contributed by atoms with van der Waals surface area (Å²) in [4.78, 5) is 22.6. The number of rotatable bonds is 2. The van der Waals surface area contributed by atoms with Crippen molar-refractivity contribution < 1.29 is 9.59 Å². The lowest BCUT2D eigenvalue weighted by molar-refractivity contribution is -0.134. The molecular formula is C10H10ClN3O2. The normalized spacial score (nSPS) is 20.7. The summed E-state index contributed by atoms with van der Waals surface area (Å²) in [6, 6.07) is 1.75. The first-order valence-corrected chi connectivity index (χ1v) is 5.45. The fourth-order valence-electron chi connectivity index (χ4n) is 1.70. The molecule has 1 saturated heterocycles. The Morgan fingerprint density at radius 2 is 2.31 bits per heavy atom. The summed E-state index contributed by atoms with van der Waals surface area (Å²) in [5.41, 5.74) is 1.39. The maximum Gasteiger partial charge on any atom is 0.234 e. The van der Waals surface area contributed by atoms with Gasteiger partial charge in [-0.2, -0.15) is 10.2 Å². The average Bonchev–Trinajstić information content (AvgIpc) is 2.29. The van der Waals surface area contributed by atoms with Gasteiger partial charge in [0, 0.05) is 6.42 Å². The Bertz CT molecular complexity index is 436. The number of alkyl halides is 1. The van der Waals surface area contributed by atoms with Crippen molar-refractivity contribution in [3.8, 4) is 0 Å². The highest BCUT2D eigenvalue weighted by Crippen LogP contribution is 2.24. The van der Waals surface area contributed by atoms with E-state index in [1.54, 1.807) is 6.07 Å². The monoisotopic (exact) mass is 239 g/mol. The molecule has 1 unspecified atom stereocenters. The van der Waals surface area contributed by atoms with Crippen LogP contribution in [0, 0.1) is 0 Å². The van der Waals surface area contributed by atoms with Crippen LogP contribution in [-0.2, 0) is 15.5 Å². The van der Waals surface area contributed by atoms with Crippen LogP contribution in [0.5, 0.6) is 0 Å². The van der Waals surface area contributed by atoms with E-state index in [2.05, 4.69) is 15.5 Å². The van der Waals surface area contributed by atoms with Gasteiger partial charge < -0.3 is 0 Å². The zero-order chi connectivity index (χ0) is 11.5. The van der Waals surface area contributed by atoms with Gasteiger partial charge in [0.05, 0.1) is 23.7 Å². The van der Waals surface area contributed by atoms with Crippen LogP contribution in [0.3, 0.4) is 0 Å². The standard InChI is InChI=1S/C10H10ClN3O2/c11-4-7-3-6(5-12-14-7)8-1-2-9(15)13-10(8)16/h3,5,8H,1-2,4H2,(H,13,15,16). The van der Waals surface area contributed by atoms with E-state index in [1.807, 2.05) is 0 Å². The Kier molecular flexibility index (Phi) is 3.14. The maximum absolute atomic E-state index is 11.6. The first-order chi connectivity index (χ1) is 7.70. The number of nitrogens with one attached hydrogen (secondary N) is 1. The zero-order valence-electron chi connectivity index (χ0n) is 8.44. The van der Waals surface area contributed by atoms with Gasteiger partial charge in [-0.15, -0.1) is 11.6 Å². The molecule has 2 amide bonds. The van der Waals surface area contributed by atoms with Gasteiger partial charge in [-0.25, -0.2) is 0 Å². The molecule has 0 bridgehead atoms. The lowest BCUT2D eigenvalue weighted by Crippen LogP contribution is -2.39. The molecule has 0 saturated carbocycles. The van der Waals surface area contributed by atoms with E-state index in [9.17, 15) is 9.59 Å². The molecule has 0 aromatic carbocycles. The van der Waals surface area contributed by atoms with Crippen LogP contribution in [0.2, 0.25) is 0 Å². The average molecular weight is 240 g/mol. The second-order valence-corrected chi connectivity index (χ2v) is 3.88. The summed E-state index contributed by atoms with van der Waals surface area (Å²) in [5, 5.41) is 9.90. The molecule has 2 rings (SSSR count). The van der Waals surface area contributed by atoms with Gasteiger partial charge >= 0.3 is 0 Å². The van der Waals surface area contributed by atoms with Gasteiger partial charge in [-0.3, -0.25) is 14.9 Å². The van der Waals surface area contributed by atoms with Crippen molar-refractivity contribution >= 4 is 23.4 Å². The van der Waals surface area contributed by atoms with E-state index < -0.39 is 0 Å². The fraction of sp³-hybridized carbons (Fsp3) is 0.400. The molecule has 5 nitrogen and oxygen atoms in total. The molecule has 1 atom stereocenters. The molecule has 0 aliphatic carbocycles. The van der Waals surface area contributed by atoms with Crippen molar-refractivity contribution in [1.29, 1.82) is 0 Å². The molecule has 6 heteroatoms. The molecular weight excluding hydrogens is 230 g/mol. The van der Waals surface area contributed by atoms with Crippen molar-refractivity contribution in [2.75, 3.05) is 0 Å². The Labute approximate surface area is 97.2 Å². The second-order valence-electron chi connectivity index (χ2n) is 3.62. The predicted molar refractivity (Wildman–Crippen MR) is 56.7 cm³/mol. The smallest absolute Gasteiger partial charge is 0.234 e. The molecule has 0 spiro atoms. The van der Waals surface area contributed by atoms with Crippen molar-refractivity contribution in [3.05, 3.63) is 23.5 Å². The Morgan fingerprint density at radius 1 is 1.50 bits per heavy atom. The molecule has 1 aromatic heterocycles. The third-order valence-electron chi connectivity index (χ3n) is 2.50. The minimum Gasteiger partial charge on any atom is -0.296 e. The Morgan fingerprint density at radius 3 is 3.00 bits per heavy atom. The van der Waals surface area contributed by atoms with E-state index in [0.717, 1.165) is 5.56 Å². The van der Waals surface area contributed by atoms with Crippen LogP contribution in [0.4, 0.5) is 0 Å². The molecule has 2 heterocycles. The maximum atomic E-state index is 11.6. The molecule has 16 heavy (non-hydrogen) atoms. The summed E-state index contributed by atoms with van der Waals surface area (Å²) in [6.45, 7) is 0. The lowest BCUT2D eigenvalue weighted by Gasteiger charge is -2.20. The zero-order valence-corrected chi connectivity index (χ0v) is 9.20.